The van der Waals surface area contributed by atoms with Crippen LogP contribution in [0.15, 0.2) is 12.1 Å². The molecule has 2 atom stereocenters. The minimum absolute atomic E-state index is 0.128. The first-order chi connectivity index (χ1) is 13.9. The van der Waals surface area contributed by atoms with Crippen LogP contribution in [0.4, 0.5) is 10.5 Å². The van der Waals surface area contributed by atoms with Crippen LogP contribution >= 0.6 is 11.6 Å². The second-order valence-corrected chi connectivity index (χ2v) is 8.43. The molecule has 1 N–H and O–H groups in total. The standard InChI is InChI=1S/C21H32ClN3O4/c1-14-11-24(12-15(2)29-14)13-16-5-7-25(8-6-16)21(26)23-18-9-17(22)19(27-3)10-20(18)28-4/h9-10,14-16H,5-8,11-13H2,1-4H3,(H,23,26). The molecular weight excluding hydrogens is 394 g/mol. The number of likely N-dealkylation sites (tertiary alicyclic amines) is 1. The van der Waals surface area contributed by atoms with Crippen LogP contribution in [0.2, 0.25) is 5.02 Å². The number of carbonyl (C=O) groups is 1. The number of benzene rings is 1. The Morgan fingerprint density at radius 2 is 1.76 bits per heavy atom. The number of nitrogens with zero attached hydrogens (tertiary/aromatic N) is 2. The average molecular weight is 426 g/mol. The fraction of sp³-hybridized carbons (Fsp3) is 0.667. The maximum Gasteiger partial charge on any atom is 0.321 e. The van der Waals surface area contributed by atoms with Gasteiger partial charge in [0, 0.05) is 38.8 Å². The highest BCUT2D eigenvalue weighted by atomic mass is 35.5. The van der Waals surface area contributed by atoms with Gasteiger partial charge in [-0.25, -0.2) is 4.79 Å². The minimum Gasteiger partial charge on any atom is -0.495 e. The molecule has 2 unspecified atom stereocenters. The topological polar surface area (TPSA) is 63.3 Å². The number of anilines is 1. The van der Waals surface area contributed by atoms with Crippen molar-refractivity contribution in [2.24, 2.45) is 5.92 Å². The van der Waals surface area contributed by atoms with E-state index in [2.05, 4.69) is 24.1 Å². The Kier molecular flexibility index (Phi) is 7.49. The number of urea groups is 1. The van der Waals surface area contributed by atoms with E-state index in [9.17, 15) is 4.79 Å². The zero-order chi connectivity index (χ0) is 21.0. The van der Waals surface area contributed by atoms with Crippen molar-refractivity contribution >= 4 is 23.3 Å². The number of hydrogen-bond donors (Lipinski definition) is 1. The van der Waals surface area contributed by atoms with E-state index in [1.807, 2.05) is 4.90 Å². The number of amides is 2. The summed E-state index contributed by atoms with van der Waals surface area (Å²) in [6, 6.07) is 3.20. The molecule has 0 radical (unpaired) electrons. The predicted molar refractivity (Wildman–Crippen MR) is 114 cm³/mol. The molecule has 8 heteroatoms. The van der Waals surface area contributed by atoms with Crippen LogP contribution in [-0.4, -0.2) is 75.0 Å². The van der Waals surface area contributed by atoms with Crippen LogP contribution in [0.5, 0.6) is 11.5 Å². The molecule has 2 heterocycles. The van der Waals surface area contributed by atoms with Gasteiger partial charge in [-0.1, -0.05) is 11.6 Å². The number of hydrogen-bond acceptors (Lipinski definition) is 5. The highest BCUT2D eigenvalue weighted by Crippen LogP contribution is 2.36. The van der Waals surface area contributed by atoms with Crippen molar-refractivity contribution in [2.75, 3.05) is 52.3 Å². The van der Waals surface area contributed by atoms with E-state index < -0.39 is 0 Å². The first kappa shape index (κ1) is 22.0. The quantitative estimate of drug-likeness (QED) is 0.779. The summed E-state index contributed by atoms with van der Waals surface area (Å²) in [7, 11) is 3.10. The molecule has 0 aliphatic carbocycles. The molecule has 2 aliphatic rings. The van der Waals surface area contributed by atoms with Gasteiger partial charge in [0.15, 0.2) is 0 Å². The van der Waals surface area contributed by atoms with E-state index in [1.165, 1.54) is 0 Å². The predicted octanol–water partition coefficient (Wildman–Crippen LogP) is 3.71. The first-order valence-corrected chi connectivity index (χ1v) is 10.6. The average Bonchev–Trinajstić information content (AvgIpc) is 2.68. The zero-order valence-corrected chi connectivity index (χ0v) is 18.5. The molecule has 0 aromatic heterocycles. The lowest BCUT2D eigenvalue weighted by molar-refractivity contribution is -0.0728. The van der Waals surface area contributed by atoms with Gasteiger partial charge in [-0.2, -0.15) is 0 Å². The summed E-state index contributed by atoms with van der Waals surface area (Å²) in [4.78, 5) is 17.1. The van der Waals surface area contributed by atoms with Crippen LogP contribution in [0.1, 0.15) is 26.7 Å². The van der Waals surface area contributed by atoms with Crippen molar-refractivity contribution in [3.05, 3.63) is 17.2 Å². The van der Waals surface area contributed by atoms with Gasteiger partial charge < -0.3 is 24.4 Å². The molecule has 1 aromatic rings. The van der Waals surface area contributed by atoms with Crippen molar-refractivity contribution in [1.29, 1.82) is 0 Å². The Bertz CT molecular complexity index is 699. The molecule has 2 aliphatic heterocycles. The summed E-state index contributed by atoms with van der Waals surface area (Å²) in [5, 5.41) is 3.35. The molecule has 0 saturated carbocycles. The molecule has 0 spiro atoms. The summed E-state index contributed by atoms with van der Waals surface area (Å²) in [6.07, 6.45) is 2.59. The van der Waals surface area contributed by atoms with Crippen molar-refractivity contribution < 1.29 is 19.0 Å². The van der Waals surface area contributed by atoms with E-state index in [4.69, 9.17) is 25.8 Å². The molecule has 2 amide bonds. The van der Waals surface area contributed by atoms with Gasteiger partial charge in [-0.3, -0.25) is 4.90 Å². The summed E-state index contributed by atoms with van der Waals surface area (Å²) < 4.78 is 16.4. The Balaban J connectivity index is 1.52. The largest absolute Gasteiger partial charge is 0.495 e. The van der Waals surface area contributed by atoms with Gasteiger partial charge in [0.05, 0.1) is 37.1 Å². The lowest BCUT2D eigenvalue weighted by Crippen LogP contribution is -2.49. The Labute approximate surface area is 178 Å². The van der Waals surface area contributed by atoms with Gasteiger partial charge in [-0.05, 0) is 38.7 Å². The van der Waals surface area contributed by atoms with Gasteiger partial charge in [0.2, 0.25) is 0 Å². The molecule has 29 heavy (non-hydrogen) atoms. The summed E-state index contributed by atoms with van der Waals surface area (Å²) in [5.41, 5.74) is 0.543. The Morgan fingerprint density at radius 1 is 1.14 bits per heavy atom. The summed E-state index contributed by atoms with van der Waals surface area (Å²) in [5.74, 6) is 1.64. The number of morpholine rings is 1. The maximum atomic E-state index is 12.7. The molecular formula is C21H32ClN3O4. The van der Waals surface area contributed by atoms with Crippen LogP contribution in [0.3, 0.4) is 0 Å². The second kappa shape index (κ2) is 9.87. The van der Waals surface area contributed by atoms with Crippen LogP contribution in [0, 0.1) is 5.92 Å². The molecule has 1 aromatic carbocycles. The second-order valence-electron chi connectivity index (χ2n) is 8.02. The smallest absolute Gasteiger partial charge is 0.321 e. The molecule has 2 fully saturated rings. The van der Waals surface area contributed by atoms with Crippen LogP contribution in [0.25, 0.3) is 0 Å². The van der Waals surface area contributed by atoms with Crippen LogP contribution in [-0.2, 0) is 4.74 Å². The van der Waals surface area contributed by atoms with Crippen molar-refractivity contribution in [3.63, 3.8) is 0 Å². The normalized spacial score (nSPS) is 23.7. The molecule has 7 nitrogen and oxygen atoms in total. The summed E-state index contributed by atoms with van der Waals surface area (Å²) in [6.45, 7) is 8.82. The van der Waals surface area contributed by atoms with Gasteiger partial charge >= 0.3 is 6.03 Å². The van der Waals surface area contributed by atoms with Gasteiger partial charge in [0.1, 0.15) is 11.5 Å². The highest BCUT2D eigenvalue weighted by Gasteiger charge is 2.28. The van der Waals surface area contributed by atoms with E-state index in [-0.39, 0.29) is 18.2 Å². The number of methoxy groups -OCH3 is 2. The molecule has 3 rings (SSSR count). The maximum absolute atomic E-state index is 12.7. The molecule has 162 valence electrons. The lowest BCUT2D eigenvalue weighted by atomic mass is 9.96. The first-order valence-electron chi connectivity index (χ1n) is 10.2. The van der Waals surface area contributed by atoms with Gasteiger partial charge in [0.25, 0.3) is 0 Å². The Morgan fingerprint density at radius 3 is 2.34 bits per heavy atom. The van der Waals surface area contributed by atoms with Crippen molar-refractivity contribution in [1.82, 2.24) is 9.80 Å². The number of halogens is 1. The van der Waals surface area contributed by atoms with Crippen LogP contribution < -0.4 is 14.8 Å². The fourth-order valence-corrected chi connectivity index (χ4v) is 4.51. The number of nitrogens with one attached hydrogen (secondary N) is 1. The highest BCUT2D eigenvalue weighted by molar-refractivity contribution is 6.32. The number of piperidine rings is 1. The lowest BCUT2D eigenvalue weighted by Gasteiger charge is -2.39. The monoisotopic (exact) mass is 425 g/mol. The number of ether oxygens (including phenoxy) is 3. The van der Waals surface area contributed by atoms with E-state index in [0.717, 1.165) is 45.6 Å². The number of carbonyl (C=O) groups excluding carboxylic acids is 1. The third-order valence-electron chi connectivity index (χ3n) is 5.63. The van der Waals surface area contributed by atoms with E-state index in [1.54, 1.807) is 26.4 Å². The summed E-state index contributed by atoms with van der Waals surface area (Å²) >= 11 is 6.20. The zero-order valence-electron chi connectivity index (χ0n) is 17.7. The third-order valence-corrected chi connectivity index (χ3v) is 5.92. The minimum atomic E-state index is -0.128. The van der Waals surface area contributed by atoms with E-state index in [0.29, 0.717) is 28.1 Å². The van der Waals surface area contributed by atoms with Crippen molar-refractivity contribution in [3.8, 4) is 11.5 Å². The Hall–Kier alpha value is -1.70. The fourth-order valence-electron chi connectivity index (χ4n) is 4.27. The number of rotatable bonds is 5. The SMILES string of the molecule is COc1cc(OC)c(NC(=O)N2CCC(CN3CC(C)OC(C)C3)CC2)cc1Cl. The van der Waals surface area contributed by atoms with Crippen molar-refractivity contribution in [2.45, 2.75) is 38.9 Å². The van der Waals surface area contributed by atoms with Gasteiger partial charge in [-0.15, -0.1) is 0 Å². The molecule has 0 bridgehead atoms. The third kappa shape index (κ3) is 5.68. The molecule has 2 saturated heterocycles. The van der Waals surface area contributed by atoms with E-state index >= 15 is 0 Å².